The molecule has 0 radical (unpaired) electrons. The highest BCUT2D eigenvalue weighted by atomic mass is 16.3. The van der Waals surface area contributed by atoms with E-state index >= 15 is 0 Å². The van der Waals surface area contributed by atoms with E-state index in [1.807, 2.05) is 0 Å². The molecule has 0 spiro atoms. The molecule has 16 heavy (non-hydrogen) atoms. The standard InChI is InChI=1S/C15H24O/c1-2-15(8-16)7-11-6-12(15)14-10-4-3-9(5-10)13(11)14/h9-14,16H,2-8H2,1H3. The Bertz CT molecular complexity index is 307. The molecule has 0 aliphatic heterocycles. The predicted octanol–water partition coefficient (Wildman–Crippen LogP) is 3.08. The average molecular weight is 220 g/mol. The van der Waals surface area contributed by atoms with Crippen molar-refractivity contribution < 1.29 is 5.11 Å². The molecule has 0 saturated heterocycles. The number of hydrogen-bond donors (Lipinski definition) is 1. The van der Waals surface area contributed by atoms with Gasteiger partial charge in [-0.15, -0.1) is 0 Å². The number of fused-ring (bicyclic) bond motifs is 9. The molecular weight excluding hydrogens is 196 g/mol. The fourth-order valence-corrected chi connectivity index (χ4v) is 6.57. The smallest absolute Gasteiger partial charge is 0.0490 e. The zero-order chi connectivity index (χ0) is 10.9. The van der Waals surface area contributed by atoms with Crippen molar-refractivity contribution in [3.05, 3.63) is 0 Å². The fraction of sp³-hybridized carbons (Fsp3) is 1.00. The first kappa shape index (κ1) is 9.94. The quantitative estimate of drug-likeness (QED) is 0.709. The van der Waals surface area contributed by atoms with Gasteiger partial charge in [0.05, 0.1) is 0 Å². The van der Waals surface area contributed by atoms with E-state index in [-0.39, 0.29) is 0 Å². The average Bonchev–Trinajstić information content (AvgIpc) is 3.05. The van der Waals surface area contributed by atoms with Crippen LogP contribution in [0.4, 0.5) is 0 Å². The van der Waals surface area contributed by atoms with E-state index in [0.29, 0.717) is 12.0 Å². The third-order valence-corrected chi connectivity index (χ3v) is 7.09. The van der Waals surface area contributed by atoms with Crippen molar-refractivity contribution in [3.8, 4) is 0 Å². The third kappa shape index (κ3) is 0.939. The Morgan fingerprint density at radius 3 is 2.50 bits per heavy atom. The van der Waals surface area contributed by atoms with Crippen molar-refractivity contribution in [2.45, 2.75) is 45.4 Å². The Morgan fingerprint density at radius 1 is 1.06 bits per heavy atom. The van der Waals surface area contributed by atoms with Gasteiger partial charge in [0.15, 0.2) is 0 Å². The first-order chi connectivity index (χ1) is 7.79. The van der Waals surface area contributed by atoms with Crippen molar-refractivity contribution in [3.63, 3.8) is 0 Å². The molecule has 7 unspecified atom stereocenters. The molecule has 1 N–H and O–H groups in total. The van der Waals surface area contributed by atoms with Gasteiger partial charge in [0.1, 0.15) is 0 Å². The van der Waals surface area contributed by atoms with Gasteiger partial charge in [-0.2, -0.15) is 0 Å². The predicted molar refractivity (Wildman–Crippen MR) is 63.8 cm³/mol. The first-order valence-corrected chi connectivity index (χ1v) is 7.40. The summed E-state index contributed by atoms with van der Waals surface area (Å²) in [7, 11) is 0. The Hall–Kier alpha value is -0.0400. The van der Waals surface area contributed by atoms with E-state index in [9.17, 15) is 5.11 Å². The molecule has 90 valence electrons. The minimum absolute atomic E-state index is 0.344. The molecule has 1 heteroatoms. The van der Waals surface area contributed by atoms with Gasteiger partial charge in [0.25, 0.3) is 0 Å². The van der Waals surface area contributed by atoms with Crippen molar-refractivity contribution in [2.24, 2.45) is 40.9 Å². The molecule has 4 bridgehead atoms. The van der Waals surface area contributed by atoms with Crippen LogP contribution in [0.5, 0.6) is 0 Å². The zero-order valence-electron chi connectivity index (χ0n) is 10.4. The van der Waals surface area contributed by atoms with Crippen molar-refractivity contribution >= 4 is 0 Å². The lowest BCUT2D eigenvalue weighted by Crippen LogP contribution is -2.41. The Morgan fingerprint density at radius 2 is 1.81 bits per heavy atom. The second-order valence-electron chi connectivity index (χ2n) is 7.17. The van der Waals surface area contributed by atoms with Crippen LogP contribution in [-0.2, 0) is 0 Å². The van der Waals surface area contributed by atoms with E-state index in [0.717, 1.165) is 35.5 Å². The molecule has 0 aromatic rings. The minimum Gasteiger partial charge on any atom is -0.396 e. The molecule has 4 aliphatic rings. The van der Waals surface area contributed by atoms with Crippen LogP contribution in [0.25, 0.3) is 0 Å². The van der Waals surface area contributed by atoms with Crippen LogP contribution >= 0.6 is 0 Å². The Labute approximate surface area is 98.6 Å². The van der Waals surface area contributed by atoms with E-state index in [1.54, 1.807) is 6.42 Å². The van der Waals surface area contributed by atoms with Crippen LogP contribution in [0.2, 0.25) is 0 Å². The van der Waals surface area contributed by atoms with Crippen molar-refractivity contribution in [1.29, 1.82) is 0 Å². The first-order valence-electron chi connectivity index (χ1n) is 7.40. The molecular formula is C15H24O. The van der Waals surface area contributed by atoms with E-state index in [2.05, 4.69) is 6.92 Å². The number of hydrogen-bond acceptors (Lipinski definition) is 1. The lowest BCUT2D eigenvalue weighted by Gasteiger charge is -2.45. The van der Waals surface area contributed by atoms with E-state index < -0.39 is 0 Å². The van der Waals surface area contributed by atoms with Gasteiger partial charge in [-0.25, -0.2) is 0 Å². The number of aliphatic hydroxyl groups excluding tert-OH is 1. The zero-order valence-corrected chi connectivity index (χ0v) is 10.4. The maximum absolute atomic E-state index is 9.83. The molecule has 4 fully saturated rings. The summed E-state index contributed by atoms with van der Waals surface area (Å²) in [6.45, 7) is 2.77. The van der Waals surface area contributed by atoms with Gasteiger partial charge in [-0.05, 0) is 79.4 Å². The van der Waals surface area contributed by atoms with Crippen LogP contribution in [0, 0.1) is 40.9 Å². The Balaban J connectivity index is 1.70. The number of rotatable bonds is 2. The van der Waals surface area contributed by atoms with Crippen LogP contribution in [0.3, 0.4) is 0 Å². The summed E-state index contributed by atoms with van der Waals surface area (Å²) in [5.74, 6) is 6.17. The largest absolute Gasteiger partial charge is 0.396 e. The second kappa shape index (κ2) is 3.04. The summed E-state index contributed by atoms with van der Waals surface area (Å²) in [6, 6.07) is 0. The SMILES string of the molecule is CCC1(CO)CC2CC1C1C3CCC(C3)C21. The van der Waals surface area contributed by atoms with Gasteiger partial charge in [0.2, 0.25) is 0 Å². The molecule has 0 aromatic heterocycles. The van der Waals surface area contributed by atoms with E-state index in [1.165, 1.54) is 32.1 Å². The normalized spacial score (nSPS) is 61.9. The molecule has 7 atom stereocenters. The summed E-state index contributed by atoms with van der Waals surface area (Å²) in [5.41, 5.74) is 0.344. The van der Waals surface area contributed by atoms with Gasteiger partial charge in [0, 0.05) is 6.61 Å². The molecule has 0 heterocycles. The van der Waals surface area contributed by atoms with Gasteiger partial charge in [-0.1, -0.05) is 6.92 Å². The molecule has 0 aromatic carbocycles. The van der Waals surface area contributed by atoms with Crippen LogP contribution in [-0.4, -0.2) is 11.7 Å². The van der Waals surface area contributed by atoms with E-state index in [4.69, 9.17) is 0 Å². The lowest BCUT2D eigenvalue weighted by atomic mass is 9.60. The maximum atomic E-state index is 9.83. The van der Waals surface area contributed by atoms with Crippen LogP contribution in [0.15, 0.2) is 0 Å². The van der Waals surface area contributed by atoms with Gasteiger partial charge in [-0.3, -0.25) is 0 Å². The van der Waals surface area contributed by atoms with Crippen LogP contribution < -0.4 is 0 Å². The second-order valence-corrected chi connectivity index (χ2v) is 7.17. The van der Waals surface area contributed by atoms with Crippen molar-refractivity contribution in [2.75, 3.05) is 6.61 Å². The summed E-state index contributed by atoms with van der Waals surface area (Å²) in [6.07, 6.45) is 8.64. The van der Waals surface area contributed by atoms with Crippen LogP contribution in [0.1, 0.15) is 45.4 Å². The third-order valence-electron chi connectivity index (χ3n) is 7.09. The minimum atomic E-state index is 0.344. The topological polar surface area (TPSA) is 20.2 Å². The highest BCUT2D eigenvalue weighted by molar-refractivity contribution is 5.14. The van der Waals surface area contributed by atoms with Gasteiger partial charge >= 0.3 is 0 Å². The molecule has 4 rings (SSSR count). The lowest BCUT2D eigenvalue weighted by molar-refractivity contribution is -0.0101. The summed E-state index contributed by atoms with van der Waals surface area (Å²) < 4.78 is 0. The monoisotopic (exact) mass is 220 g/mol. The molecule has 1 nitrogen and oxygen atoms in total. The molecule has 0 amide bonds. The highest BCUT2D eigenvalue weighted by Gasteiger charge is 2.65. The van der Waals surface area contributed by atoms with Gasteiger partial charge < -0.3 is 5.11 Å². The molecule has 4 aliphatic carbocycles. The highest BCUT2D eigenvalue weighted by Crippen LogP contribution is 2.72. The summed E-state index contributed by atoms with van der Waals surface area (Å²) in [5, 5.41) is 9.83. The molecule has 4 saturated carbocycles. The van der Waals surface area contributed by atoms with Crippen molar-refractivity contribution in [1.82, 2.24) is 0 Å². The summed E-state index contributed by atoms with van der Waals surface area (Å²) in [4.78, 5) is 0. The summed E-state index contributed by atoms with van der Waals surface area (Å²) >= 11 is 0. The Kier molecular flexibility index (Phi) is 1.89. The number of aliphatic hydroxyl groups is 1. The maximum Gasteiger partial charge on any atom is 0.0490 e. The fourth-order valence-electron chi connectivity index (χ4n) is 6.57.